The van der Waals surface area contributed by atoms with Gasteiger partial charge in [-0.25, -0.2) is 0 Å². The van der Waals surface area contributed by atoms with E-state index in [-0.39, 0.29) is 5.91 Å². The van der Waals surface area contributed by atoms with Gasteiger partial charge in [0.25, 0.3) is 5.91 Å². The number of carbonyl (C=O) groups excluding carboxylic acids is 1. The molecule has 0 bridgehead atoms. The molecular weight excluding hydrogens is 246 g/mol. The summed E-state index contributed by atoms with van der Waals surface area (Å²) < 4.78 is 0. The molecule has 2 nitrogen and oxygen atoms in total. The van der Waals surface area contributed by atoms with Crippen molar-refractivity contribution in [3.05, 3.63) is 35.9 Å². The average Bonchev–Trinajstić information content (AvgIpc) is 2.52. The quantitative estimate of drug-likeness (QED) is 0.853. The Morgan fingerprint density at radius 2 is 1.60 bits per heavy atom. The molecule has 0 unspecified atom stereocenters. The SMILES string of the molecule is O=C(NC1CCC2(CCCCC2)CC1)c1ccccc1. The topological polar surface area (TPSA) is 29.1 Å². The van der Waals surface area contributed by atoms with Crippen molar-refractivity contribution in [2.45, 2.75) is 63.8 Å². The summed E-state index contributed by atoms with van der Waals surface area (Å²) >= 11 is 0. The minimum atomic E-state index is 0.0928. The molecule has 0 atom stereocenters. The lowest BCUT2D eigenvalue weighted by Gasteiger charge is -2.43. The van der Waals surface area contributed by atoms with Gasteiger partial charge in [0.15, 0.2) is 0 Å². The molecule has 0 heterocycles. The zero-order valence-electron chi connectivity index (χ0n) is 12.2. The Morgan fingerprint density at radius 3 is 2.25 bits per heavy atom. The number of carbonyl (C=O) groups is 1. The second-order valence-electron chi connectivity index (χ2n) is 6.67. The van der Waals surface area contributed by atoms with Crippen LogP contribution in [0, 0.1) is 5.41 Å². The van der Waals surface area contributed by atoms with E-state index in [1.165, 1.54) is 57.8 Å². The second kappa shape index (κ2) is 5.99. The van der Waals surface area contributed by atoms with Crippen LogP contribution < -0.4 is 5.32 Å². The highest BCUT2D eigenvalue weighted by Gasteiger charge is 2.36. The standard InChI is InChI=1S/C18H25NO/c20-17(15-7-3-1-4-8-15)19-16-9-13-18(14-10-16)11-5-2-6-12-18/h1,3-4,7-8,16H,2,5-6,9-14H2,(H,19,20). The number of benzene rings is 1. The Labute approximate surface area is 122 Å². The summed E-state index contributed by atoms with van der Waals surface area (Å²) in [6.45, 7) is 0. The minimum Gasteiger partial charge on any atom is -0.349 e. The van der Waals surface area contributed by atoms with E-state index < -0.39 is 0 Å². The van der Waals surface area contributed by atoms with E-state index in [1.54, 1.807) is 0 Å². The molecule has 1 aromatic carbocycles. The van der Waals surface area contributed by atoms with Gasteiger partial charge in [0.05, 0.1) is 0 Å². The predicted octanol–water partition coefficient (Wildman–Crippen LogP) is 4.31. The van der Waals surface area contributed by atoms with Crippen molar-refractivity contribution in [1.82, 2.24) is 5.32 Å². The van der Waals surface area contributed by atoms with E-state index in [1.807, 2.05) is 30.3 Å². The number of rotatable bonds is 2. The summed E-state index contributed by atoms with van der Waals surface area (Å²) in [5.74, 6) is 0.0928. The molecule has 2 saturated carbocycles. The van der Waals surface area contributed by atoms with Crippen LogP contribution in [0.25, 0.3) is 0 Å². The number of nitrogens with one attached hydrogen (secondary N) is 1. The summed E-state index contributed by atoms with van der Waals surface area (Å²) in [7, 11) is 0. The molecule has 2 fully saturated rings. The lowest BCUT2D eigenvalue weighted by Crippen LogP contribution is -2.41. The summed E-state index contributed by atoms with van der Waals surface area (Å²) in [4.78, 5) is 12.2. The van der Waals surface area contributed by atoms with Crippen molar-refractivity contribution >= 4 is 5.91 Å². The first-order chi connectivity index (χ1) is 9.77. The Balaban J connectivity index is 1.52. The molecule has 0 aliphatic heterocycles. The zero-order valence-corrected chi connectivity index (χ0v) is 12.2. The van der Waals surface area contributed by atoms with Gasteiger partial charge in [0, 0.05) is 11.6 Å². The number of hydrogen-bond donors (Lipinski definition) is 1. The third kappa shape index (κ3) is 3.05. The van der Waals surface area contributed by atoms with E-state index in [2.05, 4.69) is 5.32 Å². The van der Waals surface area contributed by atoms with Crippen molar-refractivity contribution in [3.63, 3.8) is 0 Å². The van der Waals surface area contributed by atoms with E-state index in [0.29, 0.717) is 11.5 Å². The van der Waals surface area contributed by atoms with E-state index in [4.69, 9.17) is 0 Å². The van der Waals surface area contributed by atoms with Gasteiger partial charge in [-0.2, -0.15) is 0 Å². The van der Waals surface area contributed by atoms with Crippen LogP contribution in [-0.2, 0) is 0 Å². The van der Waals surface area contributed by atoms with Crippen LogP contribution in [0.3, 0.4) is 0 Å². The maximum absolute atomic E-state index is 12.2. The highest BCUT2D eigenvalue weighted by atomic mass is 16.1. The zero-order chi connectivity index (χ0) is 13.8. The molecule has 0 radical (unpaired) electrons. The third-order valence-electron chi connectivity index (χ3n) is 5.33. The second-order valence-corrected chi connectivity index (χ2v) is 6.67. The van der Waals surface area contributed by atoms with Crippen LogP contribution >= 0.6 is 0 Å². The molecule has 1 spiro atoms. The predicted molar refractivity (Wildman–Crippen MR) is 81.7 cm³/mol. The molecule has 20 heavy (non-hydrogen) atoms. The molecule has 1 aromatic rings. The highest BCUT2D eigenvalue weighted by molar-refractivity contribution is 5.94. The van der Waals surface area contributed by atoms with E-state index >= 15 is 0 Å². The van der Waals surface area contributed by atoms with Gasteiger partial charge in [-0.05, 0) is 56.1 Å². The lowest BCUT2D eigenvalue weighted by atomic mass is 9.64. The van der Waals surface area contributed by atoms with E-state index in [0.717, 1.165) is 5.56 Å². The first-order valence-electron chi connectivity index (χ1n) is 8.13. The minimum absolute atomic E-state index is 0.0928. The smallest absolute Gasteiger partial charge is 0.251 e. The molecule has 0 saturated heterocycles. The van der Waals surface area contributed by atoms with Crippen molar-refractivity contribution in [1.29, 1.82) is 0 Å². The fourth-order valence-electron chi connectivity index (χ4n) is 4.03. The molecule has 108 valence electrons. The van der Waals surface area contributed by atoms with Crippen LogP contribution in [0.1, 0.15) is 68.1 Å². The third-order valence-corrected chi connectivity index (χ3v) is 5.33. The maximum Gasteiger partial charge on any atom is 0.251 e. The van der Waals surface area contributed by atoms with Gasteiger partial charge in [-0.15, -0.1) is 0 Å². The summed E-state index contributed by atoms with van der Waals surface area (Å²) in [6.07, 6.45) is 12.1. The normalized spacial score (nSPS) is 22.6. The number of hydrogen-bond acceptors (Lipinski definition) is 1. The first kappa shape index (κ1) is 13.7. The van der Waals surface area contributed by atoms with Gasteiger partial charge in [0.1, 0.15) is 0 Å². The monoisotopic (exact) mass is 271 g/mol. The van der Waals surface area contributed by atoms with Gasteiger partial charge < -0.3 is 5.32 Å². The lowest BCUT2D eigenvalue weighted by molar-refractivity contribution is 0.0836. The fraction of sp³-hybridized carbons (Fsp3) is 0.611. The summed E-state index contributed by atoms with van der Waals surface area (Å²) in [5.41, 5.74) is 1.41. The first-order valence-corrected chi connectivity index (χ1v) is 8.13. The van der Waals surface area contributed by atoms with Crippen LogP contribution in [0.4, 0.5) is 0 Å². The van der Waals surface area contributed by atoms with E-state index in [9.17, 15) is 4.79 Å². The Hall–Kier alpha value is -1.31. The van der Waals surface area contributed by atoms with Crippen molar-refractivity contribution in [3.8, 4) is 0 Å². The van der Waals surface area contributed by atoms with Crippen LogP contribution in [0.15, 0.2) is 30.3 Å². The molecular formula is C18H25NO. The molecule has 2 aliphatic rings. The molecule has 3 rings (SSSR count). The van der Waals surface area contributed by atoms with Crippen LogP contribution in [-0.4, -0.2) is 11.9 Å². The van der Waals surface area contributed by atoms with Crippen LogP contribution in [0.2, 0.25) is 0 Å². The molecule has 2 heteroatoms. The number of amides is 1. The Kier molecular flexibility index (Phi) is 4.09. The van der Waals surface area contributed by atoms with Crippen molar-refractivity contribution in [2.75, 3.05) is 0 Å². The Bertz CT molecular complexity index is 438. The molecule has 1 N–H and O–H groups in total. The van der Waals surface area contributed by atoms with Gasteiger partial charge in [-0.3, -0.25) is 4.79 Å². The van der Waals surface area contributed by atoms with Crippen LogP contribution in [0.5, 0.6) is 0 Å². The largest absolute Gasteiger partial charge is 0.349 e. The Morgan fingerprint density at radius 1 is 0.950 bits per heavy atom. The molecule has 1 amide bonds. The van der Waals surface area contributed by atoms with Gasteiger partial charge in [0.2, 0.25) is 0 Å². The van der Waals surface area contributed by atoms with Gasteiger partial charge >= 0.3 is 0 Å². The van der Waals surface area contributed by atoms with Crippen molar-refractivity contribution in [2.24, 2.45) is 5.41 Å². The fourth-order valence-corrected chi connectivity index (χ4v) is 4.03. The molecule has 0 aromatic heterocycles. The van der Waals surface area contributed by atoms with Gasteiger partial charge in [-0.1, -0.05) is 37.5 Å². The highest BCUT2D eigenvalue weighted by Crippen LogP contribution is 2.47. The summed E-state index contributed by atoms with van der Waals surface area (Å²) in [6, 6.07) is 9.96. The molecule has 2 aliphatic carbocycles. The summed E-state index contributed by atoms with van der Waals surface area (Å²) in [5, 5.41) is 3.22. The average molecular weight is 271 g/mol. The maximum atomic E-state index is 12.2. The van der Waals surface area contributed by atoms with Crippen molar-refractivity contribution < 1.29 is 4.79 Å².